The lowest BCUT2D eigenvalue weighted by Gasteiger charge is -2.18. The fraction of sp³-hybridized carbons (Fsp3) is 0.857. The van der Waals surface area contributed by atoms with Gasteiger partial charge in [-0.1, -0.05) is 13.8 Å². The maximum Gasteiger partial charge on any atom is 0.322 e. The first-order chi connectivity index (χ1) is 9.52. The largest absolute Gasteiger partial charge is 0.468 e. The van der Waals surface area contributed by atoms with E-state index in [0.29, 0.717) is 18.9 Å². The number of nitrogens with one attached hydrogen (secondary N) is 2. The lowest BCUT2D eigenvalue weighted by molar-refractivity contribution is -0.143. The fourth-order valence-corrected chi connectivity index (χ4v) is 2.19. The summed E-state index contributed by atoms with van der Waals surface area (Å²) < 4.78 is 10.2. The molecular weight excluding hydrogens is 260 g/mol. The third-order valence-electron chi connectivity index (χ3n) is 3.25. The van der Waals surface area contributed by atoms with Gasteiger partial charge in [0.05, 0.1) is 19.8 Å². The van der Waals surface area contributed by atoms with E-state index in [0.717, 1.165) is 19.4 Å². The van der Waals surface area contributed by atoms with Gasteiger partial charge in [-0.05, 0) is 25.2 Å². The van der Waals surface area contributed by atoms with E-state index >= 15 is 0 Å². The highest BCUT2D eigenvalue weighted by Crippen LogP contribution is 2.10. The number of carbonyl (C=O) groups excluding carboxylic acids is 2. The predicted octanol–water partition coefficient (Wildman–Crippen LogP) is 0.459. The summed E-state index contributed by atoms with van der Waals surface area (Å²) in [5, 5.41) is 5.76. The zero-order valence-electron chi connectivity index (χ0n) is 12.6. The number of hydrogen-bond acceptors (Lipinski definition) is 5. The molecule has 0 saturated carbocycles. The molecule has 1 heterocycles. The van der Waals surface area contributed by atoms with Crippen LogP contribution in [-0.4, -0.2) is 50.8 Å². The fourth-order valence-electron chi connectivity index (χ4n) is 2.19. The van der Waals surface area contributed by atoms with E-state index in [4.69, 9.17) is 9.47 Å². The molecule has 0 aromatic heterocycles. The van der Waals surface area contributed by atoms with Gasteiger partial charge in [0, 0.05) is 13.2 Å². The molecule has 2 N–H and O–H groups in total. The molecule has 1 aliphatic rings. The molecule has 2 atom stereocenters. The van der Waals surface area contributed by atoms with Gasteiger partial charge in [-0.3, -0.25) is 14.9 Å². The van der Waals surface area contributed by atoms with Crippen molar-refractivity contribution in [2.45, 2.75) is 45.3 Å². The van der Waals surface area contributed by atoms with E-state index < -0.39 is 6.04 Å². The zero-order chi connectivity index (χ0) is 15.0. The van der Waals surface area contributed by atoms with Crippen LogP contribution in [0.2, 0.25) is 0 Å². The Balaban J connectivity index is 2.26. The van der Waals surface area contributed by atoms with Crippen LogP contribution in [0.3, 0.4) is 0 Å². The normalized spacial score (nSPS) is 19.9. The molecule has 0 aliphatic carbocycles. The highest BCUT2D eigenvalue weighted by Gasteiger charge is 2.21. The van der Waals surface area contributed by atoms with Gasteiger partial charge in [-0.2, -0.15) is 0 Å². The van der Waals surface area contributed by atoms with Crippen LogP contribution in [0.25, 0.3) is 0 Å². The van der Waals surface area contributed by atoms with Crippen molar-refractivity contribution in [3.05, 3.63) is 0 Å². The Kier molecular flexibility index (Phi) is 7.54. The molecule has 6 nitrogen and oxygen atoms in total. The molecule has 0 radical (unpaired) electrons. The van der Waals surface area contributed by atoms with Gasteiger partial charge in [0.15, 0.2) is 0 Å². The topological polar surface area (TPSA) is 76.7 Å². The maximum atomic E-state index is 11.7. The summed E-state index contributed by atoms with van der Waals surface area (Å²) in [6.07, 6.45) is 2.82. The number of ether oxygens (including phenoxy) is 2. The van der Waals surface area contributed by atoms with Crippen molar-refractivity contribution < 1.29 is 19.1 Å². The number of esters is 1. The van der Waals surface area contributed by atoms with Crippen molar-refractivity contribution in [3.8, 4) is 0 Å². The summed E-state index contributed by atoms with van der Waals surface area (Å²) in [6, 6.07) is -0.437. The highest BCUT2D eigenvalue weighted by molar-refractivity contribution is 5.80. The molecule has 2 unspecified atom stereocenters. The minimum absolute atomic E-state index is 0.110. The zero-order valence-corrected chi connectivity index (χ0v) is 12.6. The summed E-state index contributed by atoms with van der Waals surface area (Å²) in [7, 11) is 1.36. The SMILES string of the molecule is COC(=O)C(CC(C)C)NCC(=O)NCC1CCCO1. The average molecular weight is 286 g/mol. The summed E-state index contributed by atoms with van der Waals surface area (Å²) in [6.45, 7) is 5.47. The molecule has 1 aliphatic heterocycles. The molecule has 20 heavy (non-hydrogen) atoms. The monoisotopic (exact) mass is 286 g/mol. The van der Waals surface area contributed by atoms with Gasteiger partial charge >= 0.3 is 5.97 Å². The van der Waals surface area contributed by atoms with Crippen molar-refractivity contribution in [1.82, 2.24) is 10.6 Å². The van der Waals surface area contributed by atoms with E-state index in [-0.39, 0.29) is 24.5 Å². The van der Waals surface area contributed by atoms with Gasteiger partial charge in [-0.15, -0.1) is 0 Å². The van der Waals surface area contributed by atoms with E-state index in [1.165, 1.54) is 7.11 Å². The molecule has 0 aromatic carbocycles. The molecule has 1 fully saturated rings. The molecule has 6 heteroatoms. The number of methoxy groups -OCH3 is 1. The van der Waals surface area contributed by atoms with Crippen LogP contribution in [0.15, 0.2) is 0 Å². The van der Waals surface area contributed by atoms with Gasteiger partial charge in [0.1, 0.15) is 6.04 Å². The first-order valence-electron chi connectivity index (χ1n) is 7.22. The van der Waals surface area contributed by atoms with Gasteiger partial charge in [-0.25, -0.2) is 0 Å². The van der Waals surface area contributed by atoms with Crippen molar-refractivity contribution >= 4 is 11.9 Å². The molecule has 1 rings (SSSR count). The Bertz CT molecular complexity index is 314. The van der Waals surface area contributed by atoms with Crippen molar-refractivity contribution in [2.75, 3.05) is 26.8 Å². The quantitative estimate of drug-likeness (QED) is 0.634. The molecule has 0 spiro atoms. The van der Waals surface area contributed by atoms with Crippen molar-refractivity contribution in [1.29, 1.82) is 0 Å². The molecule has 1 amide bonds. The molecular formula is C14H26N2O4. The second kappa shape index (κ2) is 8.92. The Morgan fingerprint density at radius 3 is 2.70 bits per heavy atom. The third-order valence-corrected chi connectivity index (χ3v) is 3.25. The van der Waals surface area contributed by atoms with Crippen LogP contribution in [0.1, 0.15) is 33.1 Å². The van der Waals surface area contributed by atoms with Crippen LogP contribution in [0, 0.1) is 5.92 Å². The summed E-state index contributed by atoms with van der Waals surface area (Å²) in [5.74, 6) is -0.106. The second-order valence-corrected chi connectivity index (χ2v) is 5.53. The van der Waals surface area contributed by atoms with E-state index in [1.807, 2.05) is 13.8 Å². The van der Waals surface area contributed by atoms with Crippen LogP contribution in [0.5, 0.6) is 0 Å². The summed E-state index contributed by atoms with van der Waals surface area (Å²) >= 11 is 0. The maximum absolute atomic E-state index is 11.7. The average Bonchev–Trinajstić information content (AvgIpc) is 2.93. The highest BCUT2D eigenvalue weighted by atomic mass is 16.5. The lowest BCUT2D eigenvalue weighted by atomic mass is 10.0. The number of carbonyl (C=O) groups is 2. The third kappa shape index (κ3) is 6.34. The first kappa shape index (κ1) is 16.9. The molecule has 0 bridgehead atoms. The Labute approximate surface area is 120 Å². The van der Waals surface area contributed by atoms with Crippen LogP contribution in [0.4, 0.5) is 0 Å². The predicted molar refractivity (Wildman–Crippen MR) is 75.2 cm³/mol. The Hall–Kier alpha value is -1.14. The molecule has 1 saturated heterocycles. The number of rotatable bonds is 8. The smallest absolute Gasteiger partial charge is 0.322 e. The van der Waals surface area contributed by atoms with Gasteiger partial charge < -0.3 is 14.8 Å². The van der Waals surface area contributed by atoms with E-state index in [2.05, 4.69) is 10.6 Å². The summed E-state index contributed by atoms with van der Waals surface area (Å²) in [5.41, 5.74) is 0. The molecule has 0 aromatic rings. The summed E-state index contributed by atoms with van der Waals surface area (Å²) in [4.78, 5) is 23.3. The van der Waals surface area contributed by atoms with Gasteiger partial charge in [0.25, 0.3) is 0 Å². The number of amides is 1. The minimum Gasteiger partial charge on any atom is -0.468 e. The van der Waals surface area contributed by atoms with Crippen LogP contribution >= 0.6 is 0 Å². The van der Waals surface area contributed by atoms with Crippen LogP contribution in [-0.2, 0) is 19.1 Å². The first-order valence-corrected chi connectivity index (χ1v) is 7.22. The Morgan fingerprint density at radius 2 is 2.15 bits per heavy atom. The van der Waals surface area contributed by atoms with Crippen LogP contribution < -0.4 is 10.6 Å². The number of hydrogen-bond donors (Lipinski definition) is 2. The van der Waals surface area contributed by atoms with Crippen molar-refractivity contribution in [3.63, 3.8) is 0 Å². The standard InChI is InChI=1S/C14H26N2O4/c1-10(2)7-12(14(18)19-3)15-9-13(17)16-8-11-5-4-6-20-11/h10-12,15H,4-9H2,1-3H3,(H,16,17). The lowest BCUT2D eigenvalue weighted by Crippen LogP contribution is -2.45. The van der Waals surface area contributed by atoms with Gasteiger partial charge in [0.2, 0.25) is 5.91 Å². The second-order valence-electron chi connectivity index (χ2n) is 5.53. The Morgan fingerprint density at radius 1 is 1.40 bits per heavy atom. The van der Waals surface area contributed by atoms with Crippen molar-refractivity contribution in [2.24, 2.45) is 5.92 Å². The van der Waals surface area contributed by atoms with E-state index in [1.54, 1.807) is 0 Å². The molecule has 116 valence electrons. The van der Waals surface area contributed by atoms with E-state index in [9.17, 15) is 9.59 Å². The minimum atomic E-state index is -0.437.